The van der Waals surface area contributed by atoms with Gasteiger partial charge in [0, 0.05) is 5.41 Å². The number of fused-ring (bicyclic) bond motifs is 7. The molecule has 6 aliphatic heterocycles. The number of carbonyl (C=O) groups is 3. The second-order valence-corrected chi connectivity index (χ2v) is 31.4. The van der Waals surface area contributed by atoms with Crippen molar-refractivity contribution in [3.63, 3.8) is 0 Å². The van der Waals surface area contributed by atoms with Crippen LogP contribution in [-0.2, 0) is 71.2 Å². The van der Waals surface area contributed by atoms with Crippen LogP contribution in [0.4, 0.5) is 0 Å². The molecule has 4 saturated carbocycles. The Morgan fingerprint density at radius 2 is 1.09 bits per heavy atom. The third kappa shape index (κ3) is 12.3. The predicted molar refractivity (Wildman–Crippen MR) is 320 cm³/mol. The van der Waals surface area contributed by atoms with Crippen molar-refractivity contribution in [2.45, 2.75) is 304 Å². The van der Waals surface area contributed by atoms with Crippen LogP contribution in [0.3, 0.4) is 0 Å². The van der Waals surface area contributed by atoms with Crippen molar-refractivity contribution in [3.05, 3.63) is 11.6 Å². The fraction of sp³-hybridized carbons (Fsp3) is 0.923. The van der Waals surface area contributed by atoms with Crippen LogP contribution in [0.15, 0.2) is 11.6 Å². The number of carboxylic acid groups (broad SMARTS) is 1. The lowest BCUT2D eigenvalue weighted by molar-refractivity contribution is -0.391. The third-order valence-corrected chi connectivity index (χ3v) is 25.3. The minimum absolute atomic E-state index is 0.0539. The molecule has 0 aromatic carbocycles. The molecule has 0 spiro atoms. The van der Waals surface area contributed by atoms with Gasteiger partial charge in [-0.05, 0) is 105 Å². The second kappa shape index (κ2) is 27.4. The summed E-state index contributed by atoms with van der Waals surface area (Å²) >= 11 is 0. The number of carboxylic acids is 1. The number of esters is 1. The first-order valence-electron chi connectivity index (χ1n) is 33.9. The average Bonchev–Trinajstić information content (AvgIpc) is 0.661. The van der Waals surface area contributed by atoms with Crippen LogP contribution in [0.25, 0.3) is 0 Å². The number of allylic oxidation sites excluding steroid dienone is 2. The van der Waals surface area contributed by atoms with E-state index in [0.29, 0.717) is 38.5 Å². The molecule has 11 rings (SSSR count). The minimum atomic E-state index is -2.21. The minimum Gasteiger partial charge on any atom is -0.479 e. The molecule has 554 valence electrons. The number of carbonyl (C=O) groups excluding carboxylic acids is 2. The molecule has 0 bridgehead atoms. The Morgan fingerprint density at radius 1 is 0.536 bits per heavy atom. The number of hydrogen-bond donors (Lipinski definition) is 17. The van der Waals surface area contributed by atoms with Crippen molar-refractivity contribution < 1.29 is 158 Å². The highest BCUT2D eigenvalue weighted by Gasteiger charge is 2.76. The lowest BCUT2D eigenvalue weighted by atomic mass is 9.31. The highest BCUT2D eigenvalue weighted by molar-refractivity contribution is 5.81. The maximum absolute atomic E-state index is 15.8. The fourth-order valence-corrected chi connectivity index (χ4v) is 19.6. The first-order chi connectivity index (χ1) is 45.3. The zero-order valence-electron chi connectivity index (χ0n) is 55.8. The maximum Gasteiger partial charge on any atom is 0.335 e. The molecular formula is C65H102O32. The van der Waals surface area contributed by atoms with E-state index in [0.717, 1.165) is 11.9 Å². The van der Waals surface area contributed by atoms with E-state index in [9.17, 15) is 96.4 Å². The van der Waals surface area contributed by atoms with Gasteiger partial charge in [-0.15, -0.1) is 0 Å². The smallest absolute Gasteiger partial charge is 0.335 e. The summed E-state index contributed by atoms with van der Waals surface area (Å²) in [6.07, 6.45) is -46.5. The topological polar surface area (TPSA) is 506 Å². The van der Waals surface area contributed by atoms with Crippen LogP contribution < -0.4 is 0 Å². The van der Waals surface area contributed by atoms with E-state index in [-0.39, 0.29) is 25.2 Å². The van der Waals surface area contributed by atoms with Gasteiger partial charge in [0.25, 0.3) is 0 Å². The monoisotopic (exact) mass is 1390 g/mol. The first-order valence-corrected chi connectivity index (χ1v) is 33.9. The summed E-state index contributed by atoms with van der Waals surface area (Å²) in [5, 5.41) is 187. The predicted octanol–water partition coefficient (Wildman–Crippen LogP) is -4.42. The molecule has 0 aromatic heterocycles. The van der Waals surface area contributed by atoms with Gasteiger partial charge < -0.3 is 148 Å². The molecular weight excluding hydrogens is 1290 g/mol. The van der Waals surface area contributed by atoms with Crippen LogP contribution in [0.5, 0.6) is 0 Å². The van der Waals surface area contributed by atoms with Gasteiger partial charge in [0.2, 0.25) is 6.29 Å². The second-order valence-electron chi connectivity index (χ2n) is 31.4. The summed E-state index contributed by atoms with van der Waals surface area (Å²) in [5.74, 6) is -3.31. The fourth-order valence-electron chi connectivity index (χ4n) is 19.6. The number of aliphatic carboxylic acids is 1. The number of aliphatic hydroxyl groups is 16. The van der Waals surface area contributed by atoms with Crippen LogP contribution in [0.1, 0.15) is 120 Å². The van der Waals surface area contributed by atoms with E-state index >= 15 is 4.79 Å². The number of rotatable bonds is 15. The SMILES string of the molecule is C[C@@H]1O[C@@H](O[C@H]2[C@H](OC(=O)[C@]34CCC(C)(C)C[C@@]3(C)C3=CC[C@@H]5[C@@]6(C)CC[C@H](O[C@@H]7O[C@H](C(=O)O)[C@@H](O)[C@H](O[C@H]8OC[C@@H](O)[C@H](O)[C@H]8O)[C@H]7O[C@@H]7O[C@H](CO)[C@H](O)[C@H](O)[C@H]7O)[C@](C)(C=O)[C@@H]6CC[C@@]5(C)[C@]3(C)C[C@H]4O)O[C@H](C)[C@@H](O)[C@@H]2O)[C@H](O)[C@H](O)[C@H]1O[C@H]1OC[C@@H](O)[C@H](O)[C@H]1O. The Morgan fingerprint density at radius 3 is 1.70 bits per heavy atom. The number of hydrogen-bond acceptors (Lipinski definition) is 31. The summed E-state index contributed by atoms with van der Waals surface area (Å²) in [4.78, 5) is 43.0. The normalized spacial score (nSPS) is 55.4. The van der Waals surface area contributed by atoms with E-state index in [2.05, 4.69) is 40.7 Å². The average molecular weight is 1400 g/mol. The van der Waals surface area contributed by atoms with Gasteiger partial charge >= 0.3 is 11.9 Å². The largest absolute Gasteiger partial charge is 0.479 e. The summed E-state index contributed by atoms with van der Waals surface area (Å²) in [6.45, 7) is 15.3. The Balaban J connectivity index is 0.867. The van der Waals surface area contributed by atoms with Gasteiger partial charge in [0.15, 0.2) is 43.7 Å². The zero-order valence-corrected chi connectivity index (χ0v) is 55.8. The van der Waals surface area contributed by atoms with Gasteiger partial charge in [0.05, 0.1) is 49.7 Å². The number of ether oxygens (including phenoxy) is 12. The van der Waals surface area contributed by atoms with Crippen LogP contribution in [0, 0.1) is 49.7 Å². The molecule has 5 aliphatic carbocycles. The quantitative estimate of drug-likeness (QED) is 0.0318. The number of aldehydes is 1. The Kier molecular flexibility index (Phi) is 21.3. The van der Waals surface area contributed by atoms with Crippen molar-refractivity contribution in [1.29, 1.82) is 0 Å². The molecule has 6 saturated heterocycles. The molecule has 32 nitrogen and oxygen atoms in total. The van der Waals surface area contributed by atoms with Crippen molar-refractivity contribution in [1.82, 2.24) is 0 Å². The molecule has 38 atom stereocenters. The van der Waals surface area contributed by atoms with Crippen molar-refractivity contribution >= 4 is 18.2 Å². The Hall–Kier alpha value is -2.73. The summed E-state index contributed by atoms with van der Waals surface area (Å²) in [6, 6.07) is 0. The van der Waals surface area contributed by atoms with E-state index in [1.165, 1.54) is 13.8 Å². The zero-order chi connectivity index (χ0) is 71.1. The maximum atomic E-state index is 15.8. The molecule has 0 radical (unpaired) electrons. The van der Waals surface area contributed by atoms with Gasteiger partial charge in [-0.25, -0.2) is 4.79 Å². The standard InChI is InChI=1S/C65H102O32/c1-24-34(71)39(76)49(95-54-44(81)40(77)46(25(2)89-54)92-52-41(78)35(72)26(68)20-86-52)56(88-24)97-58(85)65-17-16-59(3,4)22-64(65,9)31-11-10-30-60(5)14-13-33(61(6,23-67)29(60)12-15-62(30,7)63(31,8)18-32(65)70)91-57-50(96-55-43(80)38(75)37(74)28(19-66)90-55)47(45(82)48(94-57)51(83)84)93-53-42(79)36(73)27(69)21-87-53/h11,23-30,32-50,52-57,66,68-82H,10,12-22H2,1-9H3,(H,83,84)/t24-,25+,26-,27-,28-,29-,30-,32-,33+,34-,35+,36+,37+,38+,39+,40+,41-,42-,43-,44-,45+,46+,47+,48+,49-,50-,52-,53-,54+,55+,56+,57-,60+,61-,62-,63-,64+,65-/m1/s1. The van der Waals surface area contributed by atoms with Crippen LogP contribution in [-0.4, -0.2) is 309 Å². The van der Waals surface area contributed by atoms with Crippen LogP contribution >= 0.6 is 0 Å². The highest BCUT2D eigenvalue weighted by Crippen LogP contribution is 2.78. The molecule has 97 heavy (non-hydrogen) atoms. The molecule has 32 heteroatoms. The Bertz CT molecular complexity index is 2850. The van der Waals surface area contributed by atoms with Gasteiger partial charge in [0.1, 0.15) is 122 Å². The van der Waals surface area contributed by atoms with E-state index < -0.39 is 260 Å². The van der Waals surface area contributed by atoms with Gasteiger partial charge in [-0.2, -0.15) is 0 Å². The molecule has 0 amide bonds. The van der Waals surface area contributed by atoms with E-state index in [1.807, 2.05) is 6.92 Å². The molecule has 0 unspecified atom stereocenters. The summed E-state index contributed by atoms with van der Waals surface area (Å²) in [5.41, 5.74) is -5.96. The van der Waals surface area contributed by atoms with Crippen molar-refractivity contribution in [2.24, 2.45) is 49.7 Å². The van der Waals surface area contributed by atoms with Crippen molar-refractivity contribution in [3.8, 4) is 0 Å². The lowest BCUT2D eigenvalue weighted by Crippen LogP contribution is -2.71. The molecule has 6 heterocycles. The molecule has 0 aromatic rings. The third-order valence-electron chi connectivity index (χ3n) is 25.3. The van der Waals surface area contributed by atoms with E-state index in [1.54, 1.807) is 6.92 Å². The first kappa shape index (κ1) is 75.4. The molecule has 17 N–H and O–H groups in total. The van der Waals surface area contributed by atoms with E-state index in [4.69, 9.17) is 56.8 Å². The molecule has 11 aliphatic rings. The van der Waals surface area contributed by atoms with Crippen LogP contribution in [0.2, 0.25) is 0 Å². The Labute approximate surface area is 560 Å². The number of aliphatic hydroxyl groups excluding tert-OH is 16. The molecule has 10 fully saturated rings. The summed E-state index contributed by atoms with van der Waals surface area (Å²) in [7, 11) is 0. The highest BCUT2D eigenvalue weighted by atomic mass is 16.8. The van der Waals surface area contributed by atoms with Gasteiger partial charge in [-0.1, -0.05) is 60.1 Å². The lowest BCUT2D eigenvalue weighted by Gasteiger charge is -2.73. The van der Waals surface area contributed by atoms with Gasteiger partial charge in [-0.3, -0.25) is 4.79 Å². The summed E-state index contributed by atoms with van der Waals surface area (Å²) < 4.78 is 72.0. The van der Waals surface area contributed by atoms with Crippen molar-refractivity contribution in [2.75, 3.05) is 19.8 Å².